The number of sulfone groups is 1. The number of rotatable bonds is 7. The number of carbonyl (C=O) groups excluding carboxylic acids is 1. The van der Waals surface area contributed by atoms with Gasteiger partial charge in [-0.05, 0) is 38.8 Å². The molecule has 0 saturated carbocycles. The first-order valence-electron chi connectivity index (χ1n) is 6.21. The summed E-state index contributed by atoms with van der Waals surface area (Å²) < 4.78 is 23.9. The molecule has 0 atom stereocenters. The van der Waals surface area contributed by atoms with Crippen LogP contribution in [0.15, 0.2) is 29.2 Å². The van der Waals surface area contributed by atoms with Crippen LogP contribution in [-0.2, 0) is 14.6 Å². The molecule has 0 fully saturated rings. The number of ketones is 1. The minimum atomic E-state index is -3.16. The van der Waals surface area contributed by atoms with Crippen LogP contribution in [-0.4, -0.2) is 20.0 Å². The van der Waals surface area contributed by atoms with Crippen molar-refractivity contribution in [2.75, 3.05) is 5.75 Å². The zero-order valence-corrected chi connectivity index (χ0v) is 11.8. The van der Waals surface area contributed by atoms with Gasteiger partial charge in [0, 0.05) is 6.42 Å². The highest BCUT2D eigenvalue weighted by Gasteiger charge is 2.13. The van der Waals surface area contributed by atoms with Crippen molar-refractivity contribution < 1.29 is 13.2 Å². The molecule has 0 radical (unpaired) electrons. The number of aryl methyl sites for hydroxylation is 1. The molecule has 0 amide bonds. The van der Waals surface area contributed by atoms with E-state index in [1.165, 1.54) is 0 Å². The lowest BCUT2D eigenvalue weighted by Crippen LogP contribution is -2.07. The first-order valence-corrected chi connectivity index (χ1v) is 7.86. The molecule has 0 aromatic heterocycles. The van der Waals surface area contributed by atoms with Crippen molar-refractivity contribution in [2.45, 2.75) is 44.4 Å². The van der Waals surface area contributed by atoms with Crippen LogP contribution >= 0.6 is 0 Å². The predicted molar refractivity (Wildman–Crippen MR) is 72.4 cm³/mol. The predicted octanol–water partition coefficient (Wildman–Crippen LogP) is 2.92. The molecule has 0 aliphatic carbocycles. The fourth-order valence-corrected chi connectivity index (χ4v) is 3.08. The van der Waals surface area contributed by atoms with Gasteiger partial charge in [0.15, 0.2) is 9.84 Å². The highest BCUT2D eigenvalue weighted by molar-refractivity contribution is 7.91. The Kier molecular flexibility index (Phi) is 5.54. The Hall–Kier alpha value is -1.16. The lowest BCUT2D eigenvalue weighted by Gasteiger charge is -2.04. The largest absolute Gasteiger partial charge is 0.300 e. The van der Waals surface area contributed by atoms with E-state index in [0.29, 0.717) is 17.7 Å². The van der Waals surface area contributed by atoms with Gasteiger partial charge in [0.1, 0.15) is 5.78 Å². The molecule has 0 bridgehead atoms. The van der Waals surface area contributed by atoms with Crippen molar-refractivity contribution in [3.63, 3.8) is 0 Å². The molecule has 0 aliphatic heterocycles. The molecule has 1 rings (SSSR count). The van der Waals surface area contributed by atoms with Crippen LogP contribution in [0.3, 0.4) is 0 Å². The smallest absolute Gasteiger partial charge is 0.178 e. The molecule has 0 spiro atoms. The standard InChI is InChI=1S/C14H20O3S/c1-12-7-9-14(10-8-12)18(16,17)11-5-3-4-6-13(2)15/h7-10H,3-6,11H2,1-2H3. The van der Waals surface area contributed by atoms with Crippen LogP contribution in [0.1, 0.15) is 38.2 Å². The van der Waals surface area contributed by atoms with Crippen LogP contribution in [0.2, 0.25) is 0 Å². The number of Topliss-reactive ketones (excluding diaryl/α,β-unsaturated/α-hetero) is 1. The van der Waals surface area contributed by atoms with E-state index in [1.54, 1.807) is 19.1 Å². The summed E-state index contributed by atoms with van der Waals surface area (Å²) in [7, 11) is -3.16. The molecule has 1 aromatic carbocycles. The normalized spacial score (nSPS) is 11.4. The fraction of sp³-hybridized carbons (Fsp3) is 0.500. The Morgan fingerprint density at radius 2 is 1.67 bits per heavy atom. The summed E-state index contributed by atoms with van der Waals surface area (Å²) in [5, 5.41) is 0. The molecule has 1 aromatic rings. The van der Waals surface area contributed by atoms with Crippen molar-refractivity contribution in [3.05, 3.63) is 29.8 Å². The maximum Gasteiger partial charge on any atom is 0.178 e. The highest BCUT2D eigenvalue weighted by Crippen LogP contribution is 2.14. The summed E-state index contributed by atoms with van der Waals surface area (Å²) in [6, 6.07) is 6.92. The minimum absolute atomic E-state index is 0.161. The lowest BCUT2D eigenvalue weighted by molar-refractivity contribution is -0.117. The Balaban J connectivity index is 2.45. The van der Waals surface area contributed by atoms with Crippen LogP contribution < -0.4 is 0 Å². The van der Waals surface area contributed by atoms with Gasteiger partial charge in [-0.3, -0.25) is 0 Å². The van der Waals surface area contributed by atoms with E-state index in [-0.39, 0.29) is 11.5 Å². The second-order valence-electron chi connectivity index (χ2n) is 4.64. The van der Waals surface area contributed by atoms with Crippen LogP contribution in [0.25, 0.3) is 0 Å². The highest BCUT2D eigenvalue weighted by atomic mass is 32.2. The van der Waals surface area contributed by atoms with Gasteiger partial charge in [-0.25, -0.2) is 8.42 Å². The second kappa shape index (κ2) is 6.69. The van der Waals surface area contributed by atoms with Crippen LogP contribution in [0.4, 0.5) is 0 Å². The van der Waals surface area contributed by atoms with E-state index in [1.807, 2.05) is 19.1 Å². The third-order valence-corrected chi connectivity index (χ3v) is 4.64. The topological polar surface area (TPSA) is 51.2 Å². The van der Waals surface area contributed by atoms with Crippen molar-refractivity contribution in [3.8, 4) is 0 Å². The Morgan fingerprint density at radius 3 is 2.22 bits per heavy atom. The molecule has 100 valence electrons. The molecule has 0 N–H and O–H groups in total. The van der Waals surface area contributed by atoms with Crippen LogP contribution in [0.5, 0.6) is 0 Å². The molecular weight excluding hydrogens is 248 g/mol. The van der Waals surface area contributed by atoms with E-state index in [4.69, 9.17) is 0 Å². The SMILES string of the molecule is CC(=O)CCCCCS(=O)(=O)c1ccc(C)cc1. The van der Waals surface area contributed by atoms with Gasteiger partial charge < -0.3 is 4.79 Å². The summed E-state index contributed by atoms with van der Waals surface area (Å²) in [5.74, 6) is 0.324. The number of carbonyl (C=O) groups is 1. The Bertz CT molecular complexity index is 486. The third kappa shape index (κ3) is 5.00. The number of unbranched alkanes of at least 4 members (excludes halogenated alkanes) is 2. The Labute approximate surface area is 109 Å². The summed E-state index contributed by atoms with van der Waals surface area (Å²) in [6.45, 7) is 3.49. The molecule has 0 aliphatic rings. The molecule has 0 unspecified atom stereocenters. The average molecular weight is 268 g/mol. The van der Waals surface area contributed by atoms with E-state index in [0.717, 1.165) is 18.4 Å². The van der Waals surface area contributed by atoms with E-state index < -0.39 is 9.84 Å². The minimum Gasteiger partial charge on any atom is -0.300 e. The van der Waals surface area contributed by atoms with Gasteiger partial charge in [-0.1, -0.05) is 24.1 Å². The fourth-order valence-electron chi connectivity index (χ4n) is 1.71. The van der Waals surface area contributed by atoms with E-state index in [2.05, 4.69) is 0 Å². The summed E-state index contributed by atoms with van der Waals surface area (Å²) in [6.07, 6.45) is 2.72. The molecule has 3 nitrogen and oxygen atoms in total. The van der Waals surface area contributed by atoms with Gasteiger partial charge in [-0.2, -0.15) is 0 Å². The summed E-state index contributed by atoms with van der Waals surface area (Å²) >= 11 is 0. The Morgan fingerprint density at radius 1 is 1.06 bits per heavy atom. The number of hydrogen-bond donors (Lipinski definition) is 0. The van der Waals surface area contributed by atoms with Gasteiger partial charge >= 0.3 is 0 Å². The summed E-state index contributed by atoms with van der Waals surface area (Å²) in [5.41, 5.74) is 1.05. The molecule has 18 heavy (non-hydrogen) atoms. The van der Waals surface area contributed by atoms with Gasteiger partial charge in [-0.15, -0.1) is 0 Å². The van der Waals surface area contributed by atoms with Crippen molar-refractivity contribution in [1.29, 1.82) is 0 Å². The molecule has 0 saturated heterocycles. The zero-order chi connectivity index (χ0) is 13.6. The van der Waals surface area contributed by atoms with Gasteiger partial charge in [0.05, 0.1) is 10.6 Å². The number of benzene rings is 1. The molecule has 0 heterocycles. The first kappa shape index (κ1) is 14.9. The summed E-state index contributed by atoms with van der Waals surface area (Å²) in [4.78, 5) is 11.1. The van der Waals surface area contributed by atoms with Crippen LogP contribution in [0, 0.1) is 6.92 Å². The van der Waals surface area contributed by atoms with Crippen molar-refractivity contribution in [2.24, 2.45) is 0 Å². The molecular formula is C14H20O3S. The van der Waals surface area contributed by atoms with Gasteiger partial charge in [0.2, 0.25) is 0 Å². The van der Waals surface area contributed by atoms with Gasteiger partial charge in [0.25, 0.3) is 0 Å². The number of hydrogen-bond acceptors (Lipinski definition) is 3. The maximum atomic E-state index is 12.0. The van der Waals surface area contributed by atoms with E-state index >= 15 is 0 Å². The quantitative estimate of drug-likeness (QED) is 0.714. The van der Waals surface area contributed by atoms with Crippen molar-refractivity contribution in [1.82, 2.24) is 0 Å². The first-order chi connectivity index (χ1) is 8.42. The average Bonchev–Trinajstić information content (AvgIpc) is 2.28. The monoisotopic (exact) mass is 268 g/mol. The zero-order valence-electron chi connectivity index (χ0n) is 11.0. The second-order valence-corrected chi connectivity index (χ2v) is 6.75. The maximum absolute atomic E-state index is 12.0. The van der Waals surface area contributed by atoms with E-state index in [9.17, 15) is 13.2 Å². The van der Waals surface area contributed by atoms with Crippen molar-refractivity contribution >= 4 is 15.6 Å². The molecule has 4 heteroatoms. The third-order valence-electron chi connectivity index (χ3n) is 2.82. The lowest BCUT2D eigenvalue weighted by atomic mass is 10.2.